The van der Waals surface area contributed by atoms with Gasteiger partial charge >= 0.3 is 0 Å². The molecule has 26 heavy (non-hydrogen) atoms. The number of nitrogens with one attached hydrogen (secondary N) is 1. The van der Waals surface area contributed by atoms with Crippen LogP contribution in [0.5, 0.6) is 0 Å². The maximum Gasteiger partial charge on any atom is 0.242 e. The number of morpholine rings is 1. The number of carbonyl (C=O) groups is 1. The van der Waals surface area contributed by atoms with Gasteiger partial charge in [0.2, 0.25) is 5.91 Å². The Bertz CT molecular complexity index is 605. The highest BCUT2D eigenvalue weighted by atomic mass is 16.5. The highest BCUT2D eigenvalue weighted by Gasteiger charge is 2.39. The van der Waals surface area contributed by atoms with Crippen LogP contribution in [-0.2, 0) is 9.53 Å². The van der Waals surface area contributed by atoms with Crippen molar-refractivity contribution in [3.05, 3.63) is 35.4 Å². The van der Waals surface area contributed by atoms with E-state index in [0.717, 1.165) is 51.3 Å². The standard InChI is InChI=1S/C21H33N3O2/c1-17-7-6-8-18(15-17)19(23(2)3)20(25)22-21(9-4-5-10-21)16-24-11-13-26-14-12-24/h6-8,15,19H,4-5,9-14,16H2,1-3H3,(H,22,25)/t19-/m0/s1. The van der Waals surface area contributed by atoms with Crippen molar-refractivity contribution < 1.29 is 9.53 Å². The number of rotatable bonds is 6. The van der Waals surface area contributed by atoms with Gasteiger partial charge in [-0.15, -0.1) is 0 Å². The molecule has 1 heterocycles. The van der Waals surface area contributed by atoms with Gasteiger partial charge in [0.25, 0.3) is 0 Å². The van der Waals surface area contributed by atoms with E-state index >= 15 is 0 Å². The van der Waals surface area contributed by atoms with Crippen LogP contribution in [0.15, 0.2) is 24.3 Å². The quantitative estimate of drug-likeness (QED) is 0.847. The normalized spacial score (nSPS) is 21.7. The van der Waals surface area contributed by atoms with E-state index in [1.807, 2.05) is 25.1 Å². The third kappa shape index (κ3) is 4.64. The van der Waals surface area contributed by atoms with Crippen LogP contribution in [0.25, 0.3) is 0 Å². The molecule has 1 atom stereocenters. The van der Waals surface area contributed by atoms with Crippen LogP contribution in [0.2, 0.25) is 0 Å². The lowest BCUT2D eigenvalue weighted by atomic mass is 9.94. The first kappa shape index (κ1) is 19.3. The molecule has 1 saturated heterocycles. The Kier molecular flexibility index (Phi) is 6.33. The minimum Gasteiger partial charge on any atom is -0.379 e. The molecule has 5 nitrogen and oxygen atoms in total. The summed E-state index contributed by atoms with van der Waals surface area (Å²) in [6.07, 6.45) is 4.54. The predicted octanol–water partition coefficient (Wildman–Crippen LogP) is 2.36. The van der Waals surface area contributed by atoms with Crippen LogP contribution in [0.1, 0.15) is 42.9 Å². The van der Waals surface area contributed by atoms with Crippen molar-refractivity contribution in [3.63, 3.8) is 0 Å². The number of likely N-dealkylation sites (N-methyl/N-ethyl adjacent to an activating group) is 1. The molecular formula is C21H33N3O2. The molecule has 0 aromatic heterocycles. The van der Waals surface area contributed by atoms with Gasteiger partial charge in [-0.1, -0.05) is 42.7 Å². The van der Waals surface area contributed by atoms with Crippen molar-refractivity contribution >= 4 is 5.91 Å². The van der Waals surface area contributed by atoms with Crippen LogP contribution in [0, 0.1) is 6.92 Å². The molecule has 1 aliphatic carbocycles. The first-order valence-electron chi connectivity index (χ1n) is 9.84. The van der Waals surface area contributed by atoms with Gasteiger partial charge in [-0.3, -0.25) is 14.6 Å². The van der Waals surface area contributed by atoms with Crippen molar-refractivity contribution in [2.75, 3.05) is 46.9 Å². The molecular weight excluding hydrogens is 326 g/mol. The Hall–Kier alpha value is -1.43. The van der Waals surface area contributed by atoms with Crippen LogP contribution in [-0.4, -0.2) is 68.2 Å². The highest BCUT2D eigenvalue weighted by Crippen LogP contribution is 2.32. The number of ether oxygens (including phenoxy) is 1. The Morgan fingerprint density at radius 3 is 2.58 bits per heavy atom. The third-order valence-electron chi connectivity index (χ3n) is 5.70. The van der Waals surface area contributed by atoms with Crippen molar-refractivity contribution in [3.8, 4) is 0 Å². The summed E-state index contributed by atoms with van der Waals surface area (Å²) < 4.78 is 5.48. The van der Waals surface area contributed by atoms with E-state index in [4.69, 9.17) is 4.74 Å². The van der Waals surface area contributed by atoms with E-state index in [2.05, 4.69) is 35.3 Å². The summed E-state index contributed by atoms with van der Waals surface area (Å²) in [6.45, 7) is 6.54. The first-order chi connectivity index (χ1) is 12.5. The molecule has 0 unspecified atom stereocenters. The monoisotopic (exact) mass is 359 g/mol. The fourth-order valence-electron chi connectivity index (χ4n) is 4.42. The number of hydrogen-bond acceptors (Lipinski definition) is 4. The minimum atomic E-state index is -0.253. The van der Waals surface area contributed by atoms with Gasteiger partial charge in [0.05, 0.1) is 18.8 Å². The second-order valence-corrected chi connectivity index (χ2v) is 8.15. The lowest BCUT2D eigenvalue weighted by Gasteiger charge is -2.39. The largest absolute Gasteiger partial charge is 0.379 e. The van der Waals surface area contributed by atoms with Crippen molar-refractivity contribution in [2.45, 2.75) is 44.2 Å². The third-order valence-corrected chi connectivity index (χ3v) is 5.70. The Labute approximate surface area is 157 Å². The summed E-state index contributed by atoms with van der Waals surface area (Å²) in [6, 6.07) is 8.03. The molecule has 0 spiro atoms. The molecule has 1 aliphatic heterocycles. The van der Waals surface area contributed by atoms with Crippen LogP contribution in [0.4, 0.5) is 0 Å². The molecule has 3 rings (SSSR count). The predicted molar refractivity (Wildman–Crippen MR) is 104 cm³/mol. The molecule has 2 aliphatic rings. The van der Waals surface area contributed by atoms with Crippen molar-refractivity contribution in [1.82, 2.24) is 15.1 Å². The number of amides is 1. The van der Waals surface area contributed by atoms with Gasteiger partial charge < -0.3 is 10.1 Å². The lowest BCUT2D eigenvalue weighted by Crippen LogP contribution is -2.57. The number of hydrogen-bond donors (Lipinski definition) is 1. The summed E-state index contributed by atoms with van der Waals surface area (Å²) in [5.41, 5.74) is 2.16. The summed E-state index contributed by atoms with van der Waals surface area (Å²) in [4.78, 5) is 17.8. The van der Waals surface area contributed by atoms with Gasteiger partial charge in [-0.2, -0.15) is 0 Å². The first-order valence-corrected chi connectivity index (χ1v) is 9.84. The summed E-state index contributed by atoms with van der Waals surface area (Å²) in [7, 11) is 3.96. The molecule has 1 aromatic rings. The molecule has 0 bridgehead atoms. The second kappa shape index (κ2) is 8.51. The maximum atomic E-state index is 13.3. The van der Waals surface area contributed by atoms with Gasteiger partial charge in [-0.05, 0) is 39.4 Å². The molecule has 1 aromatic carbocycles. The second-order valence-electron chi connectivity index (χ2n) is 8.15. The van der Waals surface area contributed by atoms with E-state index in [1.54, 1.807) is 0 Å². The Balaban J connectivity index is 1.75. The summed E-state index contributed by atoms with van der Waals surface area (Å²) in [5, 5.41) is 3.48. The number of carbonyl (C=O) groups excluding carboxylic acids is 1. The number of aryl methyl sites for hydroxylation is 1. The van der Waals surface area contributed by atoms with Gasteiger partial charge in [0.15, 0.2) is 0 Å². The average molecular weight is 360 g/mol. The zero-order chi connectivity index (χ0) is 18.6. The van der Waals surface area contributed by atoms with Crippen molar-refractivity contribution in [1.29, 1.82) is 0 Å². The van der Waals surface area contributed by atoms with Gasteiger partial charge in [0.1, 0.15) is 6.04 Å². The fourth-order valence-corrected chi connectivity index (χ4v) is 4.42. The van der Waals surface area contributed by atoms with E-state index in [0.29, 0.717) is 0 Å². The number of nitrogens with zero attached hydrogens (tertiary/aromatic N) is 2. The van der Waals surface area contributed by atoms with Gasteiger partial charge in [-0.25, -0.2) is 0 Å². The summed E-state index contributed by atoms with van der Waals surface area (Å²) in [5.74, 6) is 0.121. The molecule has 1 N–H and O–H groups in total. The molecule has 1 amide bonds. The van der Waals surface area contributed by atoms with E-state index < -0.39 is 0 Å². The SMILES string of the molecule is Cc1cccc([C@@H](C(=O)NC2(CN3CCOCC3)CCCC2)N(C)C)c1. The smallest absolute Gasteiger partial charge is 0.242 e. The average Bonchev–Trinajstić information content (AvgIpc) is 3.03. The molecule has 5 heteroatoms. The lowest BCUT2D eigenvalue weighted by molar-refractivity contribution is -0.128. The van der Waals surface area contributed by atoms with E-state index in [9.17, 15) is 4.79 Å². The van der Waals surface area contributed by atoms with E-state index in [-0.39, 0.29) is 17.5 Å². The van der Waals surface area contributed by atoms with Crippen LogP contribution >= 0.6 is 0 Å². The minimum absolute atomic E-state index is 0.0908. The van der Waals surface area contributed by atoms with E-state index in [1.165, 1.54) is 18.4 Å². The maximum absolute atomic E-state index is 13.3. The number of benzene rings is 1. The molecule has 1 saturated carbocycles. The fraction of sp³-hybridized carbons (Fsp3) is 0.667. The Morgan fingerprint density at radius 2 is 1.96 bits per heavy atom. The van der Waals surface area contributed by atoms with Crippen molar-refractivity contribution in [2.24, 2.45) is 0 Å². The van der Waals surface area contributed by atoms with Gasteiger partial charge in [0, 0.05) is 19.6 Å². The Morgan fingerprint density at radius 1 is 1.27 bits per heavy atom. The molecule has 144 valence electrons. The zero-order valence-corrected chi connectivity index (χ0v) is 16.5. The molecule has 2 fully saturated rings. The zero-order valence-electron chi connectivity index (χ0n) is 16.5. The molecule has 0 radical (unpaired) electrons. The topological polar surface area (TPSA) is 44.8 Å². The highest BCUT2D eigenvalue weighted by molar-refractivity contribution is 5.84. The van der Waals surface area contributed by atoms with Crippen LogP contribution in [0.3, 0.4) is 0 Å². The summed E-state index contributed by atoms with van der Waals surface area (Å²) >= 11 is 0. The van der Waals surface area contributed by atoms with Crippen LogP contribution < -0.4 is 5.32 Å².